The Balaban J connectivity index is 1.56. The molecule has 6 nitrogen and oxygen atoms in total. The molecule has 3 rings (SSSR count). The van der Waals surface area contributed by atoms with Gasteiger partial charge in [0.2, 0.25) is 0 Å². The van der Waals surface area contributed by atoms with Crippen LogP contribution in [0.2, 0.25) is 0 Å². The predicted octanol–water partition coefficient (Wildman–Crippen LogP) is 3.34. The molecule has 2 aromatic rings. The van der Waals surface area contributed by atoms with Crippen molar-refractivity contribution in [3.8, 4) is 16.6 Å². The van der Waals surface area contributed by atoms with Crippen LogP contribution < -0.4 is 5.32 Å². The molecule has 1 saturated carbocycles. The lowest BCUT2D eigenvalue weighted by Crippen LogP contribution is -2.48. The van der Waals surface area contributed by atoms with Crippen molar-refractivity contribution in [3.63, 3.8) is 0 Å². The summed E-state index contributed by atoms with van der Waals surface area (Å²) in [5, 5.41) is 14.3. The molecule has 1 atom stereocenters. The average Bonchev–Trinajstić information content (AvgIpc) is 3.44. The highest BCUT2D eigenvalue weighted by atomic mass is 32.1. The van der Waals surface area contributed by atoms with Crippen molar-refractivity contribution < 1.29 is 14.3 Å². The number of nitriles is 1. The third kappa shape index (κ3) is 4.52. The standard InChI is InChI=1S/C20H21N3O3S/c1-3-13-4-6-14(7-5-13)18-22-16(11-27-18)19(25)26-10-17(24)23-20(2,12-21)15-8-9-15/h4-7,11,15H,3,8-10H2,1-2H3,(H,23,24)/t20-/m0/s1. The smallest absolute Gasteiger partial charge is 0.358 e. The van der Waals surface area contributed by atoms with Gasteiger partial charge < -0.3 is 10.1 Å². The summed E-state index contributed by atoms with van der Waals surface area (Å²) in [5.41, 5.74) is 1.44. The summed E-state index contributed by atoms with van der Waals surface area (Å²) in [6.45, 7) is 3.36. The summed E-state index contributed by atoms with van der Waals surface area (Å²) < 4.78 is 5.05. The number of hydrogen-bond donors (Lipinski definition) is 1. The first-order valence-electron chi connectivity index (χ1n) is 8.89. The molecule has 7 heteroatoms. The lowest BCUT2D eigenvalue weighted by Gasteiger charge is -2.22. The highest BCUT2D eigenvalue weighted by Gasteiger charge is 2.43. The Kier molecular flexibility index (Phi) is 5.57. The summed E-state index contributed by atoms with van der Waals surface area (Å²) in [6.07, 6.45) is 2.80. The second-order valence-electron chi connectivity index (χ2n) is 6.80. The number of esters is 1. The number of nitrogens with one attached hydrogen (secondary N) is 1. The van der Waals surface area contributed by atoms with E-state index in [1.54, 1.807) is 12.3 Å². The summed E-state index contributed by atoms with van der Waals surface area (Å²) in [6, 6.07) is 10.1. The van der Waals surface area contributed by atoms with Crippen LogP contribution in [-0.4, -0.2) is 29.0 Å². The molecule has 1 aliphatic rings. The molecule has 140 valence electrons. The summed E-state index contributed by atoms with van der Waals surface area (Å²) in [7, 11) is 0. The topological polar surface area (TPSA) is 92.1 Å². The molecule has 0 bridgehead atoms. The molecule has 0 aliphatic heterocycles. The van der Waals surface area contributed by atoms with Crippen molar-refractivity contribution in [3.05, 3.63) is 40.9 Å². The van der Waals surface area contributed by atoms with E-state index in [2.05, 4.69) is 23.3 Å². The van der Waals surface area contributed by atoms with Crippen LogP contribution in [0.25, 0.3) is 10.6 Å². The molecule has 27 heavy (non-hydrogen) atoms. The largest absolute Gasteiger partial charge is 0.451 e. The van der Waals surface area contributed by atoms with E-state index in [0.29, 0.717) is 0 Å². The first-order chi connectivity index (χ1) is 12.9. The minimum absolute atomic E-state index is 0.169. The fourth-order valence-electron chi connectivity index (χ4n) is 2.80. The van der Waals surface area contributed by atoms with Crippen molar-refractivity contribution in [2.75, 3.05) is 6.61 Å². The lowest BCUT2D eigenvalue weighted by atomic mass is 9.98. The number of ether oxygens (including phenoxy) is 1. The zero-order valence-corrected chi connectivity index (χ0v) is 16.1. The Morgan fingerprint density at radius 2 is 2.07 bits per heavy atom. The van der Waals surface area contributed by atoms with Gasteiger partial charge in [-0.2, -0.15) is 5.26 Å². The van der Waals surface area contributed by atoms with Crippen LogP contribution in [0.5, 0.6) is 0 Å². The molecule has 1 N–H and O–H groups in total. The van der Waals surface area contributed by atoms with Gasteiger partial charge in [-0.3, -0.25) is 4.79 Å². The van der Waals surface area contributed by atoms with Gasteiger partial charge in [0.1, 0.15) is 10.5 Å². The molecule has 1 aromatic heterocycles. The number of aromatic nitrogens is 1. The molecule has 0 saturated heterocycles. The van der Waals surface area contributed by atoms with Crippen LogP contribution >= 0.6 is 11.3 Å². The van der Waals surface area contributed by atoms with Crippen molar-refractivity contribution in [2.24, 2.45) is 5.92 Å². The monoisotopic (exact) mass is 383 g/mol. The molecule has 1 fully saturated rings. The van der Waals surface area contributed by atoms with Crippen molar-refractivity contribution in [1.82, 2.24) is 10.3 Å². The van der Waals surface area contributed by atoms with E-state index in [4.69, 9.17) is 4.74 Å². The molecule has 0 spiro atoms. The Morgan fingerprint density at radius 3 is 2.67 bits per heavy atom. The summed E-state index contributed by atoms with van der Waals surface area (Å²) in [5.74, 6) is -0.963. The SMILES string of the molecule is CCc1ccc(-c2nc(C(=O)OCC(=O)N[C@@](C)(C#N)C3CC3)cs2)cc1. The van der Waals surface area contributed by atoms with Gasteiger partial charge in [-0.1, -0.05) is 31.2 Å². The highest BCUT2D eigenvalue weighted by Crippen LogP contribution is 2.39. The van der Waals surface area contributed by atoms with Crippen LogP contribution in [0.1, 0.15) is 42.7 Å². The number of carbonyl (C=O) groups excluding carboxylic acids is 2. The normalized spacial score (nSPS) is 15.4. The van der Waals surface area contributed by atoms with E-state index in [-0.39, 0.29) is 11.6 Å². The number of benzene rings is 1. The zero-order valence-electron chi connectivity index (χ0n) is 15.3. The summed E-state index contributed by atoms with van der Waals surface area (Å²) in [4.78, 5) is 28.5. The highest BCUT2D eigenvalue weighted by molar-refractivity contribution is 7.13. The van der Waals surface area contributed by atoms with E-state index in [9.17, 15) is 14.9 Å². The van der Waals surface area contributed by atoms with E-state index in [1.165, 1.54) is 16.9 Å². The molecular weight excluding hydrogens is 362 g/mol. The average molecular weight is 383 g/mol. The number of hydrogen-bond acceptors (Lipinski definition) is 6. The number of carbonyl (C=O) groups is 2. The van der Waals surface area contributed by atoms with Crippen LogP contribution in [0, 0.1) is 17.2 Å². The Bertz CT molecular complexity index is 881. The Hall–Kier alpha value is -2.72. The van der Waals surface area contributed by atoms with Crippen LogP contribution in [0.15, 0.2) is 29.6 Å². The fraction of sp³-hybridized carbons (Fsp3) is 0.400. The Labute approximate surface area is 162 Å². The number of rotatable bonds is 7. The van der Waals surface area contributed by atoms with Crippen molar-refractivity contribution in [1.29, 1.82) is 5.26 Å². The first-order valence-corrected chi connectivity index (χ1v) is 9.77. The molecule has 0 radical (unpaired) electrons. The maximum atomic E-state index is 12.2. The maximum absolute atomic E-state index is 12.2. The van der Waals surface area contributed by atoms with Gasteiger partial charge in [0, 0.05) is 10.9 Å². The molecule has 1 aromatic carbocycles. The zero-order chi connectivity index (χ0) is 19.4. The van der Waals surface area contributed by atoms with Crippen molar-refractivity contribution in [2.45, 2.75) is 38.6 Å². The van der Waals surface area contributed by atoms with Gasteiger partial charge in [-0.15, -0.1) is 11.3 Å². The molecule has 1 amide bonds. The van der Waals surface area contributed by atoms with Gasteiger partial charge in [-0.25, -0.2) is 9.78 Å². The number of amides is 1. The number of aryl methyl sites for hydroxylation is 1. The lowest BCUT2D eigenvalue weighted by molar-refractivity contribution is -0.125. The van der Waals surface area contributed by atoms with Gasteiger partial charge >= 0.3 is 5.97 Å². The number of thiazole rings is 1. The van der Waals surface area contributed by atoms with Crippen molar-refractivity contribution >= 4 is 23.2 Å². The molecule has 1 heterocycles. The second kappa shape index (κ2) is 7.89. The molecular formula is C20H21N3O3S. The predicted molar refractivity (Wildman–Crippen MR) is 102 cm³/mol. The van der Waals surface area contributed by atoms with Crippen LogP contribution in [-0.2, 0) is 16.0 Å². The van der Waals surface area contributed by atoms with Gasteiger partial charge in [0.05, 0.1) is 6.07 Å². The van der Waals surface area contributed by atoms with Gasteiger partial charge in [0.25, 0.3) is 5.91 Å². The van der Waals surface area contributed by atoms with E-state index in [1.807, 2.05) is 24.3 Å². The molecule has 1 aliphatic carbocycles. The van der Waals surface area contributed by atoms with Gasteiger partial charge in [0.15, 0.2) is 12.3 Å². The van der Waals surface area contributed by atoms with Crippen LogP contribution in [0.3, 0.4) is 0 Å². The van der Waals surface area contributed by atoms with Crippen LogP contribution in [0.4, 0.5) is 0 Å². The first kappa shape index (κ1) is 19.1. The molecule has 0 unspecified atom stereocenters. The third-order valence-corrected chi connectivity index (χ3v) is 5.57. The minimum Gasteiger partial charge on any atom is -0.451 e. The number of nitrogens with zero attached hydrogens (tertiary/aromatic N) is 2. The summed E-state index contributed by atoms with van der Waals surface area (Å²) >= 11 is 1.35. The van der Waals surface area contributed by atoms with E-state index >= 15 is 0 Å². The quantitative estimate of drug-likeness (QED) is 0.740. The van der Waals surface area contributed by atoms with Gasteiger partial charge in [-0.05, 0) is 37.7 Å². The third-order valence-electron chi connectivity index (χ3n) is 4.68. The Morgan fingerprint density at radius 1 is 1.37 bits per heavy atom. The van der Waals surface area contributed by atoms with E-state index in [0.717, 1.165) is 29.8 Å². The van der Waals surface area contributed by atoms with E-state index < -0.39 is 24.0 Å². The minimum atomic E-state index is -0.901. The maximum Gasteiger partial charge on any atom is 0.358 e. The second-order valence-corrected chi connectivity index (χ2v) is 7.66. The fourth-order valence-corrected chi connectivity index (χ4v) is 3.59.